The Hall–Kier alpha value is -2.71. The van der Waals surface area contributed by atoms with Gasteiger partial charge in [-0.2, -0.15) is 0 Å². The minimum Gasteiger partial charge on any atom is -0.496 e. The topological polar surface area (TPSA) is 93.3 Å². The Labute approximate surface area is 170 Å². The molecule has 7 nitrogen and oxygen atoms in total. The number of fused-ring (bicyclic) bond motifs is 1. The Bertz CT molecular complexity index is 1080. The van der Waals surface area contributed by atoms with E-state index in [-0.39, 0.29) is 11.6 Å². The number of hydrogen-bond acceptors (Lipinski definition) is 6. The first-order valence-electron chi connectivity index (χ1n) is 8.61. The number of nitrogens with zero attached hydrogens (tertiary/aromatic N) is 1. The molecule has 3 rings (SSSR count). The maximum absolute atomic E-state index is 12.3. The first kappa shape index (κ1) is 20.0. The molecule has 0 aliphatic rings. The number of benzene rings is 2. The Balaban J connectivity index is 1.80. The summed E-state index contributed by atoms with van der Waals surface area (Å²) < 4.78 is 10.8. The zero-order chi connectivity index (χ0) is 20.3. The molecule has 0 aliphatic heterocycles. The highest BCUT2D eigenvalue weighted by atomic mass is 79.9. The first-order valence-corrected chi connectivity index (χ1v) is 9.40. The van der Waals surface area contributed by atoms with Gasteiger partial charge in [0.15, 0.2) is 0 Å². The SMILES string of the molecule is COC(=O)c1ccc2c(=O)[nH]c(CN[C@H](C)c3ccc(OC)c(Br)c3)nc2c1. The summed E-state index contributed by atoms with van der Waals surface area (Å²) in [5, 5.41) is 3.75. The van der Waals surface area contributed by atoms with Gasteiger partial charge in [-0.1, -0.05) is 6.07 Å². The smallest absolute Gasteiger partial charge is 0.337 e. The Morgan fingerprint density at radius 1 is 1.25 bits per heavy atom. The molecule has 2 N–H and O–H groups in total. The van der Waals surface area contributed by atoms with Crippen molar-refractivity contribution in [3.05, 3.63) is 68.2 Å². The monoisotopic (exact) mass is 445 g/mol. The van der Waals surface area contributed by atoms with Gasteiger partial charge in [0, 0.05) is 6.04 Å². The number of aromatic nitrogens is 2. The molecule has 28 heavy (non-hydrogen) atoms. The molecule has 1 heterocycles. The van der Waals surface area contributed by atoms with Gasteiger partial charge < -0.3 is 19.8 Å². The van der Waals surface area contributed by atoms with Crippen LogP contribution in [0.4, 0.5) is 0 Å². The number of esters is 1. The van der Waals surface area contributed by atoms with Crippen LogP contribution in [0.2, 0.25) is 0 Å². The van der Waals surface area contributed by atoms with E-state index in [0.29, 0.717) is 28.8 Å². The molecule has 1 aromatic heterocycles. The molecule has 0 bridgehead atoms. The molecule has 146 valence electrons. The third-order valence-corrected chi connectivity index (χ3v) is 5.05. The molecule has 0 saturated heterocycles. The number of nitrogens with one attached hydrogen (secondary N) is 2. The average molecular weight is 446 g/mol. The number of ether oxygens (including phenoxy) is 2. The molecule has 0 unspecified atom stereocenters. The van der Waals surface area contributed by atoms with E-state index in [1.807, 2.05) is 25.1 Å². The van der Waals surface area contributed by atoms with E-state index in [2.05, 4.69) is 31.2 Å². The number of methoxy groups -OCH3 is 2. The fraction of sp³-hybridized carbons (Fsp3) is 0.250. The second kappa shape index (κ2) is 8.53. The van der Waals surface area contributed by atoms with Gasteiger partial charge in [-0.15, -0.1) is 0 Å². The van der Waals surface area contributed by atoms with Crippen LogP contribution in [0.25, 0.3) is 10.9 Å². The first-order chi connectivity index (χ1) is 13.4. The van der Waals surface area contributed by atoms with Crippen molar-refractivity contribution in [3.8, 4) is 5.75 Å². The highest BCUT2D eigenvalue weighted by Gasteiger charge is 2.12. The van der Waals surface area contributed by atoms with Crippen LogP contribution >= 0.6 is 15.9 Å². The molecule has 1 atom stereocenters. The second-order valence-electron chi connectivity index (χ2n) is 6.23. The summed E-state index contributed by atoms with van der Waals surface area (Å²) in [4.78, 5) is 31.3. The third kappa shape index (κ3) is 4.23. The molecule has 0 radical (unpaired) electrons. The molecule has 2 aromatic carbocycles. The molecule has 0 amide bonds. The van der Waals surface area contributed by atoms with E-state index in [4.69, 9.17) is 9.47 Å². The predicted octanol–water partition coefficient (Wildman–Crippen LogP) is 3.33. The molecule has 8 heteroatoms. The van der Waals surface area contributed by atoms with E-state index in [1.165, 1.54) is 7.11 Å². The van der Waals surface area contributed by atoms with Crippen LogP contribution in [0.15, 0.2) is 45.7 Å². The normalized spacial score (nSPS) is 12.0. The van der Waals surface area contributed by atoms with Crippen molar-refractivity contribution in [3.63, 3.8) is 0 Å². The van der Waals surface area contributed by atoms with Crippen molar-refractivity contribution in [2.45, 2.75) is 19.5 Å². The molecular weight excluding hydrogens is 426 g/mol. The number of rotatable bonds is 6. The Morgan fingerprint density at radius 2 is 2.04 bits per heavy atom. The van der Waals surface area contributed by atoms with Crippen molar-refractivity contribution < 1.29 is 14.3 Å². The lowest BCUT2D eigenvalue weighted by atomic mass is 10.1. The quantitative estimate of drug-likeness (QED) is 0.565. The van der Waals surface area contributed by atoms with E-state index in [0.717, 1.165) is 15.8 Å². The number of carbonyl (C=O) groups excluding carboxylic acids is 1. The van der Waals surface area contributed by atoms with Crippen molar-refractivity contribution in [2.75, 3.05) is 14.2 Å². The maximum Gasteiger partial charge on any atom is 0.337 e. The molecule has 0 fully saturated rings. The number of H-pyrrole nitrogens is 1. The van der Waals surface area contributed by atoms with E-state index < -0.39 is 5.97 Å². The van der Waals surface area contributed by atoms with Crippen LogP contribution in [-0.2, 0) is 11.3 Å². The third-order valence-electron chi connectivity index (χ3n) is 4.43. The van der Waals surface area contributed by atoms with Crippen LogP contribution in [0.1, 0.15) is 34.7 Å². The van der Waals surface area contributed by atoms with Crippen molar-refractivity contribution in [1.29, 1.82) is 0 Å². The van der Waals surface area contributed by atoms with Gasteiger partial charge in [0.2, 0.25) is 0 Å². The van der Waals surface area contributed by atoms with Gasteiger partial charge in [-0.25, -0.2) is 9.78 Å². The Morgan fingerprint density at radius 3 is 2.71 bits per heavy atom. The molecule has 0 spiro atoms. The van der Waals surface area contributed by atoms with Gasteiger partial charge in [0.05, 0.1) is 41.7 Å². The fourth-order valence-corrected chi connectivity index (χ4v) is 3.39. The summed E-state index contributed by atoms with van der Waals surface area (Å²) in [6.45, 7) is 2.38. The van der Waals surface area contributed by atoms with Crippen LogP contribution in [0.3, 0.4) is 0 Å². The molecule has 0 aliphatic carbocycles. The summed E-state index contributed by atoms with van der Waals surface area (Å²) in [7, 11) is 2.93. The lowest BCUT2D eigenvalue weighted by molar-refractivity contribution is 0.0601. The summed E-state index contributed by atoms with van der Waals surface area (Å²) in [6, 6.07) is 10.5. The minimum absolute atomic E-state index is 0.0182. The fourth-order valence-electron chi connectivity index (χ4n) is 2.84. The number of aromatic amines is 1. The molecular formula is C20H20BrN3O4. The van der Waals surface area contributed by atoms with Crippen LogP contribution in [0, 0.1) is 0 Å². The molecule has 0 saturated carbocycles. The summed E-state index contributed by atoms with van der Waals surface area (Å²) in [6.07, 6.45) is 0. The average Bonchev–Trinajstić information content (AvgIpc) is 2.70. The van der Waals surface area contributed by atoms with Crippen LogP contribution < -0.4 is 15.6 Å². The number of hydrogen-bond donors (Lipinski definition) is 2. The zero-order valence-electron chi connectivity index (χ0n) is 15.7. The van der Waals surface area contributed by atoms with Gasteiger partial charge >= 0.3 is 5.97 Å². The van der Waals surface area contributed by atoms with Gasteiger partial charge in [0.1, 0.15) is 11.6 Å². The lowest BCUT2D eigenvalue weighted by Crippen LogP contribution is -2.22. The van der Waals surface area contributed by atoms with E-state index >= 15 is 0 Å². The van der Waals surface area contributed by atoms with E-state index in [9.17, 15) is 9.59 Å². The maximum atomic E-state index is 12.3. The summed E-state index contributed by atoms with van der Waals surface area (Å²) in [5.74, 6) is 0.777. The summed E-state index contributed by atoms with van der Waals surface area (Å²) >= 11 is 3.48. The van der Waals surface area contributed by atoms with Crippen molar-refractivity contribution >= 4 is 32.8 Å². The van der Waals surface area contributed by atoms with Gasteiger partial charge in [-0.05, 0) is 58.7 Å². The van der Waals surface area contributed by atoms with Crippen molar-refractivity contribution in [1.82, 2.24) is 15.3 Å². The molecule has 3 aromatic rings. The number of halogens is 1. The second-order valence-corrected chi connectivity index (χ2v) is 7.09. The number of carbonyl (C=O) groups is 1. The predicted molar refractivity (Wildman–Crippen MR) is 110 cm³/mol. The van der Waals surface area contributed by atoms with Crippen LogP contribution in [0.5, 0.6) is 5.75 Å². The minimum atomic E-state index is -0.470. The largest absolute Gasteiger partial charge is 0.496 e. The summed E-state index contributed by atoms with van der Waals surface area (Å²) in [5.41, 5.74) is 1.61. The standard InChI is InChI=1S/C20H20BrN3O4/c1-11(12-5-7-17(27-2)15(21)8-12)22-10-18-23-16-9-13(20(26)28-3)4-6-14(16)19(25)24-18/h4-9,11,22H,10H2,1-3H3,(H,23,24,25)/t11-/m1/s1. The Kier molecular flexibility index (Phi) is 6.11. The van der Waals surface area contributed by atoms with Gasteiger partial charge in [-0.3, -0.25) is 4.79 Å². The highest BCUT2D eigenvalue weighted by Crippen LogP contribution is 2.28. The lowest BCUT2D eigenvalue weighted by Gasteiger charge is -2.15. The van der Waals surface area contributed by atoms with Crippen molar-refractivity contribution in [2.24, 2.45) is 0 Å². The van der Waals surface area contributed by atoms with E-state index in [1.54, 1.807) is 25.3 Å². The van der Waals surface area contributed by atoms with Gasteiger partial charge in [0.25, 0.3) is 5.56 Å². The van der Waals surface area contributed by atoms with Crippen LogP contribution in [-0.4, -0.2) is 30.2 Å². The zero-order valence-corrected chi connectivity index (χ0v) is 17.3. The highest BCUT2D eigenvalue weighted by molar-refractivity contribution is 9.10.